The van der Waals surface area contributed by atoms with Crippen LogP contribution >= 0.6 is 11.6 Å². The van der Waals surface area contributed by atoms with Gasteiger partial charge in [0.1, 0.15) is 6.10 Å². The van der Waals surface area contributed by atoms with E-state index in [0.717, 1.165) is 16.6 Å². The summed E-state index contributed by atoms with van der Waals surface area (Å²) in [5.74, 6) is 0. The number of nitrogens with zero attached hydrogens (tertiary/aromatic N) is 2. The summed E-state index contributed by atoms with van der Waals surface area (Å²) >= 11 is 6.10. The average molecular weight is 271 g/mol. The number of hydrogen-bond donors (Lipinski definition) is 1. The first-order valence-corrected chi connectivity index (χ1v) is 6.26. The number of rotatable bonds is 2. The van der Waals surface area contributed by atoms with Crippen molar-refractivity contribution in [2.75, 3.05) is 0 Å². The summed E-state index contributed by atoms with van der Waals surface area (Å²) < 4.78 is 0. The first-order chi connectivity index (χ1) is 9.25. The third-order valence-corrected chi connectivity index (χ3v) is 3.35. The quantitative estimate of drug-likeness (QED) is 0.777. The van der Waals surface area contributed by atoms with E-state index in [1.54, 1.807) is 18.5 Å². The van der Waals surface area contributed by atoms with Gasteiger partial charge in [-0.2, -0.15) is 0 Å². The van der Waals surface area contributed by atoms with Gasteiger partial charge in [-0.3, -0.25) is 9.97 Å². The summed E-state index contributed by atoms with van der Waals surface area (Å²) in [6, 6.07) is 12.8. The molecule has 0 aliphatic heterocycles. The summed E-state index contributed by atoms with van der Waals surface area (Å²) in [4.78, 5) is 8.44. The van der Waals surface area contributed by atoms with Crippen molar-refractivity contribution in [3.05, 3.63) is 71.0 Å². The zero-order valence-electron chi connectivity index (χ0n) is 9.99. The van der Waals surface area contributed by atoms with Crippen LogP contribution in [0.1, 0.15) is 17.2 Å². The highest BCUT2D eigenvalue weighted by Gasteiger charge is 2.14. The van der Waals surface area contributed by atoms with E-state index in [1.807, 2.05) is 36.4 Å². The van der Waals surface area contributed by atoms with Gasteiger partial charge in [0.15, 0.2) is 0 Å². The van der Waals surface area contributed by atoms with Crippen molar-refractivity contribution < 1.29 is 5.11 Å². The van der Waals surface area contributed by atoms with Crippen LogP contribution in [0.25, 0.3) is 11.0 Å². The van der Waals surface area contributed by atoms with Crippen LogP contribution in [0.5, 0.6) is 0 Å². The maximum atomic E-state index is 10.4. The Morgan fingerprint density at radius 2 is 1.68 bits per heavy atom. The number of fused-ring (bicyclic) bond motifs is 1. The monoisotopic (exact) mass is 270 g/mol. The van der Waals surface area contributed by atoms with Crippen molar-refractivity contribution in [1.82, 2.24) is 9.97 Å². The second kappa shape index (κ2) is 4.96. The molecule has 3 rings (SSSR count). The zero-order valence-corrected chi connectivity index (χ0v) is 10.7. The number of aliphatic hydroxyl groups excluding tert-OH is 1. The molecule has 19 heavy (non-hydrogen) atoms. The van der Waals surface area contributed by atoms with Crippen molar-refractivity contribution in [2.24, 2.45) is 0 Å². The molecular formula is C15H11ClN2O. The molecule has 94 valence electrons. The summed E-state index contributed by atoms with van der Waals surface area (Å²) in [5.41, 5.74) is 3.00. The van der Waals surface area contributed by atoms with Gasteiger partial charge in [0.05, 0.1) is 11.0 Å². The molecule has 0 fully saturated rings. The highest BCUT2D eigenvalue weighted by Crippen LogP contribution is 2.28. The van der Waals surface area contributed by atoms with E-state index in [9.17, 15) is 5.11 Å². The molecule has 1 N–H and O–H groups in total. The van der Waals surface area contributed by atoms with Crippen LogP contribution in [-0.2, 0) is 0 Å². The number of aliphatic hydroxyl groups is 1. The Morgan fingerprint density at radius 1 is 0.947 bits per heavy atom. The first-order valence-electron chi connectivity index (χ1n) is 5.89. The molecule has 0 aliphatic rings. The van der Waals surface area contributed by atoms with E-state index in [-0.39, 0.29) is 0 Å². The molecule has 0 radical (unpaired) electrons. The van der Waals surface area contributed by atoms with Gasteiger partial charge in [-0.25, -0.2) is 0 Å². The van der Waals surface area contributed by atoms with Crippen molar-refractivity contribution in [1.29, 1.82) is 0 Å². The van der Waals surface area contributed by atoms with Crippen LogP contribution in [0, 0.1) is 0 Å². The molecule has 0 amide bonds. The Kier molecular flexibility index (Phi) is 3.15. The second-order valence-electron chi connectivity index (χ2n) is 4.23. The number of halogens is 1. The van der Waals surface area contributed by atoms with E-state index in [0.29, 0.717) is 10.6 Å². The number of aromatic nitrogens is 2. The normalized spacial score (nSPS) is 12.5. The summed E-state index contributed by atoms with van der Waals surface area (Å²) in [7, 11) is 0. The highest BCUT2D eigenvalue weighted by molar-refractivity contribution is 6.31. The lowest BCUT2D eigenvalue weighted by Gasteiger charge is -2.13. The van der Waals surface area contributed by atoms with Crippen molar-refractivity contribution in [3.8, 4) is 0 Å². The molecule has 0 spiro atoms. The minimum absolute atomic E-state index is 0.550. The average Bonchev–Trinajstić information content (AvgIpc) is 2.46. The Bertz CT molecular complexity index is 730. The molecule has 0 saturated carbocycles. The van der Waals surface area contributed by atoms with Gasteiger partial charge in [0.2, 0.25) is 0 Å². The van der Waals surface area contributed by atoms with Gasteiger partial charge < -0.3 is 5.11 Å². The van der Waals surface area contributed by atoms with Crippen LogP contribution in [0.3, 0.4) is 0 Å². The van der Waals surface area contributed by atoms with E-state index < -0.39 is 6.10 Å². The first kappa shape index (κ1) is 12.1. The lowest BCUT2D eigenvalue weighted by atomic mass is 10.0. The van der Waals surface area contributed by atoms with E-state index in [1.165, 1.54) is 0 Å². The van der Waals surface area contributed by atoms with Crippen LogP contribution < -0.4 is 0 Å². The molecule has 1 atom stereocenters. The SMILES string of the molecule is OC(c1ccc2nccnc2c1)c1ccccc1Cl. The maximum Gasteiger partial charge on any atom is 0.106 e. The third-order valence-electron chi connectivity index (χ3n) is 3.01. The molecule has 4 heteroatoms. The Hall–Kier alpha value is -1.97. The minimum atomic E-state index is -0.764. The molecule has 0 saturated heterocycles. The minimum Gasteiger partial charge on any atom is -0.384 e. The molecule has 0 bridgehead atoms. The van der Waals surface area contributed by atoms with Crippen LogP contribution in [-0.4, -0.2) is 15.1 Å². The van der Waals surface area contributed by atoms with Gasteiger partial charge in [-0.05, 0) is 23.8 Å². The molecule has 1 unspecified atom stereocenters. The third kappa shape index (κ3) is 2.30. The molecule has 2 aromatic carbocycles. The fourth-order valence-electron chi connectivity index (χ4n) is 2.03. The number of hydrogen-bond acceptors (Lipinski definition) is 3. The van der Waals surface area contributed by atoms with Crippen LogP contribution in [0.15, 0.2) is 54.9 Å². The summed E-state index contributed by atoms with van der Waals surface area (Å²) in [6.45, 7) is 0. The van der Waals surface area contributed by atoms with Gasteiger partial charge >= 0.3 is 0 Å². The Balaban J connectivity index is 2.07. The summed E-state index contributed by atoms with van der Waals surface area (Å²) in [5, 5.41) is 10.9. The largest absolute Gasteiger partial charge is 0.384 e. The van der Waals surface area contributed by atoms with Gasteiger partial charge in [0.25, 0.3) is 0 Å². The van der Waals surface area contributed by atoms with Crippen molar-refractivity contribution >= 4 is 22.6 Å². The Labute approximate surface area is 115 Å². The Morgan fingerprint density at radius 3 is 2.47 bits per heavy atom. The maximum absolute atomic E-state index is 10.4. The molecule has 1 aromatic heterocycles. The van der Waals surface area contributed by atoms with Crippen molar-refractivity contribution in [3.63, 3.8) is 0 Å². The topological polar surface area (TPSA) is 46.0 Å². The molecule has 0 aliphatic carbocycles. The highest BCUT2D eigenvalue weighted by atomic mass is 35.5. The van der Waals surface area contributed by atoms with Gasteiger partial charge in [-0.1, -0.05) is 35.9 Å². The molecule has 1 heterocycles. The fourth-order valence-corrected chi connectivity index (χ4v) is 2.27. The van der Waals surface area contributed by atoms with E-state index in [4.69, 9.17) is 11.6 Å². The fraction of sp³-hybridized carbons (Fsp3) is 0.0667. The van der Waals surface area contributed by atoms with Gasteiger partial charge in [0, 0.05) is 23.0 Å². The van der Waals surface area contributed by atoms with Crippen LogP contribution in [0.2, 0.25) is 5.02 Å². The molecule has 3 nitrogen and oxygen atoms in total. The van der Waals surface area contributed by atoms with E-state index >= 15 is 0 Å². The smallest absolute Gasteiger partial charge is 0.106 e. The predicted octanol–water partition coefficient (Wildman–Crippen LogP) is 3.36. The zero-order chi connectivity index (χ0) is 13.2. The van der Waals surface area contributed by atoms with Crippen molar-refractivity contribution in [2.45, 2.75) is 6.10 Å². The van der Waals surface area contributed by atoms with E-state index in [2.05, 4.69) is 9.97 Å². The standard InChI is InChI=1S/C15H11ClN2O/c16-12-4-2-1-3-11(12)15(19)10-5-6-13-14(9-10)18-8-7-17-13/h1-9,15,19H. The van der Waals surface area contributed by atoms with Crippen LogP contribution in [0.4, 0.5) is 0 Å². The lowest BCUT2D eigenvalue weighted by Crippen LogP contribution is -2.00. The number of benzene rings is 2. The predicted molar refractivity (Wildman–Crippen MR) is 75.1 cm³/mol. The second-order valence-corrected chi connectivity index (χ2v) is 4.64. The van der Waals surface area contributed by atoms with Gasteiger partial charge in [-0.15, -0.1) is 0 Å². The molecule has 3 aromatic rings. The summed E-state index contributed by atoms with van der Waals surface area (Å²) in [6.07, 6.45) is 2.51. The molecular weight excluding hydrogens is 260 g/mol. The lowest BCUT2D eigenvalue weighted by molar-refractivity contribution is 0.220.